The van der Waals surface area contributed by atoms with E-state index in [0.717, 1.165) is 55.3 Å². The maximum Gasteiger partial charge on any atom is 0.154 e. The number of aromatic nitrogens is 3. The van der Waals surface area contributed by atoms with Gasteiger partial charge < -0.3 is 4.90 Å². The summed E-state index contributed by atoms with van der Waals surface area (Å²) in [5.74, 6) is 0. The highest BCUT2D eigenvalue weighted by Crippen LogP contribution is 2.33. The van der Waals surface area contributed by atoms with Crippen molar-refractivity contribution >= 4 is 27.1 Å². The predicted octanol–water partition coefficient (Wildman–Crippen LogP) is 5.03. The third-order valence-corrected chi connectivity index (χ3v) is 7.40. The number of thiophene rings is 1. The molecule has 0 radical (unpaired) electrons. The fourth-order valence-electron chi connectivity index (χ4n) is 4.40. The minimum Gasteiger partial charge on any atom is -0.304 e. The normalized spacial score (nSPS) is 15.7. The largest absolute Gasteiger partial charge is 0.304 e. The van der Waals surface area contributed by atoms with Crippen LogP contribution in [0.15, 0.2) is 72.9 Å². The molecular formula is C26H25N5S. The Morgan fingerprint density at radius 2 is 1.78 bits per heavy atom. The summed E-state index contributed by atoms with van der Waals surface area (Å²) in [6.45, 7) is 5.51. The second kappa shape index (κ2) is 8.13. The van der Waals surface area contributed by atoms with Gasteiger partial charge in [-0.2, -0.15) is 5.10 Å². The van der Waals surface area contributed by atoms with Crippen molar-refractivity contribution in [2.45, 2.75) is 6.54 Å². The zero-order valence-electron chi connectivity index (χ0n) is 18.1. The van der Waals surface area contributed by atoms with Crippen molar-refractivity contribution in [2.75, 3.05) is 33.2 Å². The van der Waals surface area contributed by atoms with Gasteiger partial charge in [0.05, 0.1) is 16.8 Å². The summed E-state index contributed by atoms with van der Waals surface area (Å²) in [5.41, 5.74) is 5.36. The lowest BCUT2D eigenvalue weighted by molar-refractivity contribution is 0.148. The van der Waals surface area contributed by atoms with E-state index in [-0.39, 0.29) is 0 Å². The maximum absolute atomic E-state index is 4.99. The lowest BCUT2D eigenvalue weighted by Crippen LogP contribution is -2.43. The van der Waals surface area contributed by atoms with Gasteiger partial charge in [-0.15, -0.1) is 11.3 Å². The first-order valence-corrected chi connectivity index (χ1v) is 11.9. The van der Waals surface area contributed by atoms with Crippen LogP contribution in [0.4, 0.5) is 0 Å². The molecule has 3 aromatic heterocycles. The Hall–Kier alpha value is -3.06. The van der Waals surface area contributed by atoms with Crippen LogP contribution < -0.4 is 0 Å². The first-order valence-electron chi connectivity index (χ1n) is 11.1. The molecule has 4 heterocycles. The molecule has 0 saturated carbocycles. The topological polar surface area (TPSA) is 36.7 Å². The molecule has 6 rings (SSSR count). The van der Waals surface area contributed by atoms with Gasteiger partial charge in [0.2, 0.25) is 0 Å². The van der Waals surface area contributed by atoms with Crippen molar-refractivity contribution in [3.8, 4) is 21.8 Å². The van der Waals surface area contributed by atoms with E-state index >= 15 is 0 Å². The third-order valence-electron chi connectivity index (χ3n) is 6.27. The second-order valence-corrected chi connectivity index (χ2v) is 9.64. The Bertz CT molecular complexity index is 1360. The molecule has 0 bridgehead atoms. The van der Waals surface area contributed by atoms with E-state index in [1.165, 1.54) is 20.5 Å². The summed E-state index contributed by atoms with van der Waals surface area (Å²) in [7, 11) is 2.20. The monoisotopic (exact) mass is 439 g/mol. The summed E-state index contributed by atoms with van der Waals surface area (Å²) < 4.78 is 3.26. The van der Waals surface area contributed by atoms with Gasteiger partial charge in [0.15, 0.2) is 5.65 Å². The van der Waals surface area contributed by atoms with Crippen molar-refractivity contribution in [1.82, 2.24) is 24.4 Å². The molecule has 2 aromatic carbocycles. The molecule has 0 N–H and O–H groups in total. The van der Waals surface area contributed by atoms with E-state index in [1.54, 1.807) is 11.3 Å². The van der Waals surface area contributed by atoms with Gasteiger partial charge >= 0.3 is 0 Å². The number of rotatable bonds is 4. The van der Waals surface area contributed by atoms with Crippen LogP contribution in [0.1, 0.15) is 5.56 Å². The standard InChI is InChI=1S/C26H25N5S/c1-29-11-13-30(14-12-29)18-19-5-4-7-20(15-19)22-9-10-26-27-17-23(31(26)28-22)25-16-21-6-2-3-8-24(21)32-25/h2-10,15-17H,11-14,18H2,1H3. The van der Waals surface area contributed by atoms with Crippen LogP contribution >= 0.6 is 11.3 Å². The fourth-order valence-corrected chi connectivity index (χ4v) is 5.45. The second-order valence-electron chi connectivity index (χ2n) is 8.56. The Balaban J connectivity index is 1.33. The van der Waals surface area contributed by atoms with Crippen molar-refractivity contribution in [3.05, 3.63) is 78.5 Å². The maximum atomic E-state index is 4.99. The molecule has 5 aromatic rings. The minimum atomic E-state index is 0.870. The van der Waals surface area contributed by atoms with Gasteiger partial charge in [0, 0.05) is 43.0 Å². The average molecular weight is 440 g/mol. The first-order chi connectivity index (χ1) is 15.7. The SMILES string of the molecule is CN1CCN(Cc2cccc(-c3ccc4ncc(-c5cc6ccccc6s5)n4n3)c2)CC1. The molecule has 1 saturated heterocycles. The third kappa shape index (κ3) is 3.71. The Morgan fingerprint density at radius 3 is 2.66 bits per heavy atom. The van der Waals surface area contributed by atoms with Crippen molar-refractivity contribution < 1.29 is 0 Å². The number of likely N-dealkylation sites (N-methyl/N-ethyl adjacent to an activating group) is 1. The van der Waals surface area contributed by atoms with Gasteiger partial charge in [-0.1, -0.05) is 36.4 Å². The van der Waals surface area contributed by atoms with Crippen LogP contribution in [0.5, 0.6) is 0 Å². The molecule has 0 atom stereocenters. The van der Waals surface area contributed by atoms with Gasteiger partial charge in [0.25, 0.3) is 0 Å². The van der Waals surface area contributed by atoms with Crippen LogP contribution in [-0.2, 0) is 6.54 Å². The summed E-state index contributed by atoms with van der Waals surface area (Å²) in [4.78, 5) is 10.7. The summed E-state index contributed by atoms with van der Waals surface area (Å²) in [5, 5.41) is 6.25. The predicted molar refractivity (Wildman–Crippen MR) is 132 cm³/mol. The number of hydrogen-bond acceptors (Lipinski definition) is 5. The number of piperazine rings is 1. The highest BCUT2D eigenvalue weighted by atomic mass is 32.1. The number of nitrogens with zero attached hydrogens (tertiary/aromatic N) is 5. The van der Waals surface area contributed by atoms with Crippen LogP contribution in [0, 0.1) is 0 Å². The molecule has 0 aliphatic carbocycles. The van der Waals surface area contributed by atoms with Gasteiger partial charge in [0.1, 0.15) is 5.69 Å². The van der Waals surface area contributed by atoms with Crippen LogP contribution in [0.3, 0.4) is 0 Å². The summed E-state index contributed by atoms with van der Waals surface area (Å²) >= 11 is 1.78. The number of benzene rings is 2. The van der Waals surface area contributed by atoms with Crippen LogP contribution in [0.25, 0.3) is 37.6 Å². The molecule has 0 spiro atoms. The van der Waals surface area contributed by atoms with E-state index in [0.29, 0.717) is 0 Å². The molecular weight excluding hydrogens is 414 g/mol. The number of imidazole rings is 1. The molecule has 1 aliphatic heterocycles. The highest BCUT2D eigenvalue weighted by Gasteiger charge is 2.15. The molecule has 32 heavy (non-hydrogen) atoms. The molecule has 0 unspecified atom stereocenters. The Morgan fingerprint density at radius 1 is 0.906 bits per heavy atom. The highest BCUT2D eigenvalue weighted by molar-refractivity contribution is 7.22. The summed E-state index contributed by atoms with van der Waals surface area (Å²) in [6, 6.07) is 23.7. The molecule has 0 amide bonds. The van der Waals surface area contributed by atoms with E-state index < -0.39 is 0 Å². The van der Waals surface area contributed by atoms with E-state index in [4.69, 9.17) is 5.10 Å². The first kappa shape index (κ1) is 19.6. The molecule has 1 fully saturated rings. The lowest BCUT2D eigenvalue weighted by Gasteiger charge is -2.32. The van der Waals surface area contributed by atoms with Gasteiger partial charge in [-0.25, -0.2) is 9.50 Å². The zero-order chi connectivity index (χ0) is 21.5. The smallest absolute Gasteiger partial charge is 0.154 e. The fraction of sp³-hybridized carbons (Fsp3) is 0.231. The molecule has 5 nitrogen and oxygen atoms in total. The number of hydrogen-bond donors (Lipinski definition) is 0. The molecule has 1 aliphatic rings. The van der Waals surface area contributed by atoms with Crippen molar-refractivity contribution in [2.24, 2.45) is 0 Å². The Kier molecular flexibility index (Phi) is 4.98. The van der Waals surface area contributed by atoms with Gasteiger partial charge in [-0.05, 0) is 48.3 Å². The Labute approximate surface area is 191 Å². The lowest BCUT2D eigenvalue weighted by atomic mass is 10.1. The minimum absolute atomic E-state index is 0.870. The van der Waals surface area contributed by atoms with E-state index in [1.807, 2.05) is 10.7 Å². The van der Waals surface area contributed by atoms with Crippen LogP contribution in [-0.4, -0.2) is 57.6 Å². The average Bonchev–Trinajstić information content (AvgIpc) is 3.44. The molecule has 160 valence electrons. The van der Waals surface area contributed by atoms with E-state index in [2.05, 4.69) is 88.6 Å². The van der Waals surface area contributed by atoms with Crippen LogP contribution in [0.2, 0.25) is 0 Å². The van der Waals surface area contributed by atoms with Gasteiger partial charge in [-0.3, -0.25) is 4.90 Å². The summed E-state index contributed by atoms with van der Waals surface area (Å²) in [6.07, 6.45) is 1.93. The van der Waals surface area contributed by atoms with Crippen molar-refractivity contribution in [1.29, 1.82) is 0 Å². The molecule has 6 heteroatoms. The quantitative estimate of drug-likeness (QED) is 0.394. The number of fused-ring (bicyclic) bond motifs is 2. The zero-order valence-corrected chi connectivity index (χ0v) is 18.9. The van der Waals surface area contributed by atoms with E-state index in [9.17, 15) is 0 Å². The van der Waals surface area contributed by atoms with Crippen molar-refractivity contribution in [3.63, 3.8) is 0 Å².